The average molecular weight is 397 g/mol. The van der Waals surface area contributed by atoms with Crippen LogP contribution in [0.4, 0.5) is 0 Å². The van der Waals surface area contributed by atoms with Crippen LogP contribution in [0.25, 0.3) is 0 Å². The van der Waals surface area contributed by atoms with Gasteiger partial charge in [0.2, 0.25) is 0 Å². The highest BCUT2D eigenvalue weighted by atomic mass is 32.5. The molecule has 0 aromatic carbocycles. The van der Waals surface area contributed by atoms with Gasteiger partial charge in [-0.05, 0) is 13.8 Å². The van der Waals surface area contributed by atoms with Gasteiger partial charge in [0, 0.05) is 26.1 Å². The zero-order valence-electron chi connectivity index (χ0n) is 15.7. The van der Waals surface area contributed by atoms with E-state index in [2.05, 4.69) is 6.92 Å². The normalized spacial score (nSPS) is 44.1. The third kappa shape index (κ3) is 5.21. The number of methoxy groups -OCH3 is 2. The van der Waals surface area contributed by atoms with Crippen molar-refractivity contribution in [2.75, 3.05) is 27.4 Å². The van der Waals surface area contributed by atoms with Gasteiger partial charge in [0.05, 0.1) is 37.6 Å². The number of ether oxygens (including phenoxy) is 4. The second-order valence-electron chi connectivity index (χ2n) is 6.95. The fourth-order valence-electron chi connectivity index (χ4n) is 3.47. The van der Waals surface area contributed by atoms with Crippen LogP contribution in [0.3, 0.4) is 0 Å². The second kappa shape index (κ2) is 9.04. The van der Waals surface area contributed by atoms with Gasteiger partial charge in [0.15, 0.2) is 0 Å². The summed E-state index contributed by atoms with van der Waals surface area (Å²) in [7, 11) is 3.22. The minimum absolute atomic E-state index is 0.0297. The van der Waals surface area contributed by atoms with Crippen LogP contribution in [-0.2, 0) is 39.8 Å². The molecular weight excluding hydrogens is 367 g/mol. The number of rotatable bonds is 8. The largest absolute Gasteiger partial charge is 0.780 e. The molecule has 2 heterocycles. The maximum atomic E-state index is 12.7. The molecular formula is C16H30O7PS-. The first-order valence-electron chi connectivity index (χ1n) is 8.66. The van der Waals surface area contributed by atoms with E-state index >= 15 is 0 Å². The standard InChI is InChI=1S/C16H31O7PS/c1-9-11(3)22-14(15(9)19-6)8-20-24(17,25)23-16-10(2)12(4)21-13(16)7-18-5/h9-16H,7-8H2,1-6H3,(H,17,25)/p-1. The van der Waals surface area contributed by atoms with Crippen LogP contribution < -0.4 is 4.89 Å². The Hall–Kier alpha value is 0.370. The summed E-state index contributed by atoms with van der Waals surface area (Å²) >= 11 is 5.10. The lowest BCUT2D eigenvalue weighted by molar-refractivity contribution is -0.216. The van der Waals surface area contributed by atoms with Crippen LogP contribution in [0.2, 0.25) is 0 Å². The lowest BCUT2D eigenvalue weighted by atomic mass is 9.99. The molecule has 2 saturated heterocycles. The van der Waals surface area contributed by atoms with Crippen LogP contribution in [0.1, 0.15) is 27.7 Å². The molecule has 0 aromatic heterocycles. The van der Waals surface area contributed by atoms with Crippen molar-refractivity contribution in [2.45, 2.75) is 64.3 Å². The summed E-state index contributed by atoms with van der Waals surface area (Å²) in [5, 5.41) is 0. The Bertz CT molecular complexity index is 479. The highest BCUT2D eigenvalue weighted by Crippen LogP contribution is 2.46. The molecule has 0 amide bonds. The van der Waals surface area contributed by atoms with Crippen molar-refractivity contribution in [3.8, 4) is 0 Å². The van der Waals surface area contributed by atoms with Gasteiger partial charge in [-0.1, -0.05) is 25.7 Å². The molecule has 0 spiro atoms. The van der Waals surface area contributed by atoms with E-state index in [9.17, 15) is 4.89 Å². The number of hydrogen-bond acceptors (Lipinski definition) is 8. The molecule has 7 nitrogen and oxygen atoms in total. The van der Waals surface area contributed by atoms with E-state index in [0.717, 1.165) is 0 Å². The first kappa shape index (κ1) is 21.7. The highest BCUT2D eigenvalue weighted by Gasteiger charge is 2.43. The van der Waals surface area contributed by atoms with Crippen molar-refractivity contribution in [1.29, 1.82) is 0 Å². The van der Waals surface area contributed by atoms with E-state index in [1.165, 1.54) is 0 Å². The summed E-state index contributed by atoms with van der Waals surface area (Å²) in [6.07, 6.45) is -1.18. The predicted molar refractivity (Wildman–Crippen MR) is 94.8 cm³/mol. The first-order chi connectivity index (χ1) is 11.7. The van der Waals surface area contributed by atoms with Gasteiger partial charge >= 0.3 is 0 Å². The van der Waals surface area contributed by atoms with Crippen LogP contribution in [0.5, 0.6) is 0 Å². The van der Waals surface area contributed by atoms with Gasteiger partial charge in [-0.15, -0.1) is 0 Å². The fourth-order valence-corrected chi connectivity index (χ4v) is 4.97. The summed E-state index contributed by atoms with van der Waals surface area (Å²) in [6, 6.07) is 0. The van der Waals surface area contributed by atoms with E-state index in [4.69, 9.17) is 39.8 Å². The summed E-state index contributed by atoms with van der Waals surface area (Å²) in [6.45, 7) is 4.69. The quantitative estimate of drug-likeness (QED) is 0.570. The van der Waals surface area contributed by atoms with Crippen molar-refractivity contribution < 1.29 is 32.9 Å². The molecule has 2 rings (SSSR count). The molecule has 9 atom stereocenters. The van der Waals surface area contributed by atoms with Crippen LogP contribution in [-0.4, -0.2) is 64.1 Å². The Balaban J connectivity index is 1.94. The van der Waals surface area contributed by atoms with Gasteiger partial charge in [0.25, 0.3) is 0 Å². The number of hydrogen-bond donors (Lipinski definition) is 0. The third-order valence-corrected chi connectivity index (χ3v) is 6.82. The topological polar surface area (TPSA) is 78.4 Å². The molecule has 0 aromatic rings. The zero-order chi connectivity index (χ0) is 18.8. The average Bonchev–Trinajstić information content (AvgIpc) is 2.97. The van der Waals surface area contributed by atoms with Gasteiger partial charge in [-0.25, -0.2) is 0 Å². The Labute approximate surface area is 155 Å². The summed E-state index contributed by atoms with van der Waals surface area (Å²) in [5.74, 6) is 0.258. The molecule has 0 N–H and O–H groups in total. The van der Waals surface area contributed by atoms with Crippen LogP contribution in [0.15, 0.2) is 0 Å². The van der Waals surface area contributed by atoms with Crippen molar-refractivity contribution in [3.05, 3.63) is 0 Å². The molecule has 2 aliphatic heterocycles. The molecule has 2 aliphatic rings. The third-order valence-electron chi connectivity index (χ3n) is 5.28. The molecule has 0 aliphatic carbocycles. The molecule has 0 radical (unpaired) electrons. The van der Waals surface area contributed by atoms with E-state index in [-0.39, 0.29) is 49.0 Å². The predicted octanol–water partition coefficient (Wildman–Crippen LogP) is 1.48. The van der Waals surface area contributed by atoms with Crippen molar-refractivity contribution >= 4 is 18.5 Å². The molecule has 9 heteroatoms. The molecule has 148 valence electrons. The molecule has 2 fully saturated rings. The van der Waals surface area contributed by atoms with Crippen molar-refractivity contribution in [1.82, 2.24) is 0 Å². The molecule has 25 heavy (non-hydrogen) atoms. The van der Waals surface area contributed by atoms with E-state index in [0.29, 0.717) is 6.61 Å². The maximum absolute atomic E-state index is 12.7. The molecule has 9 unspecified atom stereocenters. The molecule has 0 saturated carbocycles. The Kier molecular flexibility index (Phi) is 7.84. The minimum Gasteiger partial charge on any atom is -0.780 e. The van der Waals surface area contributed by atoms with E-state index in [1.807, 2.05) is 20.8 Å². The smallest absolute Gasteiger partial charge is 0.116 e. The van der Waals surface area contributed by atoms with Gasteiger partial charge < -0.3 is 32.9 Å². The van der Waals surface area contributed by atoms with Crippen molar-refractivity contribution in [2.24, 2.45) is 11.8 Å². The van der Waals surface area contributed by atoms with Gasteiger partial charge in [-0.3, -0.25) is 0 Å². The lowest BCUT2D eigenvalue weighted by Crippen LogP contribution is -2.35. The summed E-state index contributed by atoms with van der Waals surface area (Å²) < 4.78 is 33.4. The lowest BCUT2D eigenvalue weighted by Gasteiger charge is -2.34. The maximum Gasteiger partial charge on any atom is 0.116 e. The summed E-state index contributed by atoms with van der Waals surface area (Å²) in [5.41, 5.74) is 0. The Morgan fingerprint density at radius 1 is 0.920 bits per heavy atom. The van der Waals surface area contributed by atoms with Gasteiger partial charge in [-0.2, -0.15) is 0 Å². The van der Waals surface area contributed by atoms with Gasteiger partial charge in [0.1, 0.15) is 18.9 Å². The monoisotopic (exact) mass is 397 g/mol. The highest BCUT2D eigenvalue weighted by molar-refractivity contribution is 8.06. The molecule has 0 bridgehead atoms. The SMILES string of the molecule is COCC1OC(C)C(C)C1OP([O-])(=S)OCC1OC(C)C(C)C1OC. The Morgan fingerprint density at radius 2 is 1.44 bits per heavy atom. The van der Waals surface area contributed by atoms with Crippen molar-refractivity contribution in [3.63, 3.8) is 0 Å². The van der Waals surface area contributed by atoms with E-state index < -0.39 is 12.8 Å². The summed E-state index contributed by atoms with van der Waals surface area (Å²) in [4.78, 5) is 12.7. The second-order valence-corrected chi connectivity index (χ2v) is 9.65. The van der Waals surface area contributed by atoms with Crippen LogP contribution >= 0.6 is 6.72 Å². The van der Waals surface area contributed by atoms with Crippen LogP contribution in [0, 0.1) is 11.8 Å². The first-order valence-corrected chi connectivity index (χ1v) is 11.2. The zero-order valence-corrected chi connectivity index (χ0v) is 17.5. The Morgan fingerprint density at radius 3 is 1.96 bits per heavy atom. The fraction of sp³-hybridized carbons (Fsp3) is 1.00. The minimum atomic E-state index is -3.68. The van der Waals surface area contributed by atoms with E-state index in [1.54, 1.807) is 14.2 Å².